The first kappa shape index (κ1) is 21.3. The van der Waals surface area contributed by atoms with Crippen LogP contribution in [-0.2, 0) is 9.59 Å². The summed E-state index contributed by atoms with van der Waals surface area (Å²) in [6.07, 6.45) is 5.03. The zero-order chi connectivity index (χ0) is 18.0. The normalized spacial score (nSPS) is 25.5. The second-order valence-electron chi connectivity index (χ2n) is 6.96. The molecule has 0 bridgehead atoms. The number of nitrogens with two attached hydrogens (primary N) is 1. The molecule has 144 valence electrons. The SMILES string of the molecule is Cl.NC1CCCC(C(=O)N2CCCC2C(=O)Nc2cc(Cl)cc(Cl)c2)C1. The molecular formula is C18H24Cl3N3O2. The van der Waals surface area contributed by atoms with Crippen molar-refractivity contribution in [2.45, 2.75) is 50.6 Å². The third-order valence-corrected chi connectivity index (χ3v) is 5.47. The summed E-state index contributed by atoms with van der Waals surface area (Å²) < 4.78 is 0. The molecule has 1 saturated carbocycles. The first-order valence-electron chi connectivity index (χ1n) is 8.77. The number of likely N-dealkylation sites (tertiary alicyclic amines) is 1. The molecule has 2 fully saturated rings. The molecule has 3 unspecified atom stereocenters. The highest BCUT2D eigenvalue weighted by atomic mass is 35.5. The van der Waals surface area contributed by atoms with Gasteiger partial charge in [-0.15, -0.1) is 12.4 Å². The minimum atomic E-state index is -0.441. The van der Waals surface area contributed by atoms with Crippen LogP contribution < -0.4 is 11.1 Å². The van der Waals surface area contributed by atoms with E-state index in [9.17, 15) is 9.59 Å². The first-order valence-corrected chi connectivity index (χ1v) is 9.52. The first-order chi connectivity index (χ1) is 11.9. The molecule has 1 aliphatic carbocycles. The van der Waals surface area contributed by atoms with Crippen LogP contribution in [0.3, 0.4) is 0 Å². The smallest absolute Gasteiger partial charge is 0.247 e. The van der Waals surface area contributed by atoms with Gasteiger partial charge >= 0.3 is 0 Å². The third kappa shape index (κ3) is 5.03. The summed E-state index contributed by atoms with van der Waals surface area (Å²) in [4.78, 5) is 27.3. The predicted molar refractivity (Wildman–Crippen MR) is 107 cm³/mol. The van der Waals surface area contributed by atoms with Crippen molar-refractivity contribution in [2.75, 3.05) is 11.9 Å². The van der Waals surface area contributed by atoms with E-state index in [4.69, 9.17) is 28.9 Å². The monoisotopic (exact) mass is 419 g/mol. The summed E-state index contributed by atoms with van der Waals surface area (Å²) in [6.45, 7) is 0.624. The van der Waals surface area contributed by atoms with Crippen LogP contribution in [0.1, 0.15) is 38.5 Å². The summed E-state index contributed by atoms with van der Waals surface area (Å²) in [6, 6.07) is 4.55. The molecule has 1 aliphatic heterocycles. The fourth-order valence-electron chi connectivity index (χ4n) is 3.84. The molecule has 1 aromatic carbocycles. The fraction of sp³-hybridized carbons (Fsp3) is 0.556. The Kier molecular flexibility index (Phi) is 7.59. The van der Waals surface area contributed by atoms with E-state index in [-0.39, 0.29) is 36.2 Å². The van der Waals surface area contributed by atoms with Gasteiger partial charge in [0.25, 0.3) is 0 Å². The number of nitrogens with one attached hydrogen (secondary N) is 1. The summed E-state index contributed by atoms with van der Waals surface area (Å²) in [5.41, 5.74) is 6.55. The number of rotatable bonds is 3. The molecule has 1 heterocycles. The standard InChI is InChI=1S/C18H23Cl2N3O2.ClH/c19-12-8-13(20)10-15(9-12)22-17(24)16-5-2-6-23(16)18(25)11-3-1-4-14(21)7-11;/h8-11,14,16H,1-7,21H2,(H,22,24);1H. The van der Waals surface area contributed by atoms with E-state index in [1.165, 1.54) is 0 Å². The van der Waals surface area contributed by atoms with Gasteiger partial charge in [0.15, 0.2) is 0 Å². The lowest BCUT2D eigenvalue weighted by atomic mass is 9.85. The molecule has 2 aliphatic rings. The lowest BCUT2D eigenvalue weighted by Crippen LogP contribution is -2.47. The van der Waals surface area contributed by atoms with Gasteiger partial charge in [0.1, 0.15) is 6.04 Å². The number of nitrogens with zero attached hydrogens (tertiary/aromatic N) is 1. The van der Waals surface area contributed by atoms with Crippen LogP contribution in [0.2, 0.25) is 10.0 Å². The topological polar surface area (TPSA) is 75.4 Å². The van der Waals surface area contributed by atoms with Gasteiger partial charge in [0, 0.05) is 34.2 Å². The second-order valence-corrected chi connectivity index (χ2v) is 7.83. The van der Waals surface area contributed by atoms with Crippen LogP contribution in [0.4, 0.5) is 5.69 Å². The van der Waals surface area contributed by atoms with Crippen molar-refractivity contribution in [3.8, 4) is 0 Å². The van der Waals surface area contributed by atoms with Crippen LogP contribution in [0.25, 0.3) is 0 Å². The average Bonchev–Trinajstić information content (AvgIpc) is 3.02. The number of benzene rings is 1. The Morgan fingerprint density at radius 2 is 1.77 bits per heavy atom. The quantitative estimate of drug-likeness (QED) is 0.779. The van der Waals surface area contributed by atoms with E-state index in [0.717, 1.165) is 25.7 Å². The lowest BCUT2D eigenvalue weighted by molar-refractivity contribution is -0.141. The van der Waals surface area contributed by atoms with Crippen molar-refractivity contribution in [3.05, 3.63) is 28.2 Å². The molecule has 2 amide bonds. The van der Waals surface area contributed by atoms with Gasteiger partial charge in [-0.25, -0.2) is 0 Å². The van der Waals surface area contributed by atoms with Crippen LogP contribution in [0, 0.1) is 5.92 Å². The molecule has 5 nitrogen and oxygen atoms in total. The van der Waals surface area contributed by atoms with Gasteiger partial charge in [-0.05, 0) is 50.3 Å². The van der Waals surface area contributed by atoms with Gasteiger partial charge in [-0.2, -0.15) is 0 Å². The van der Waals surface area contributed by atoms with Gasteiger partial charge in [0.2, 0.25) is 11.8 Å². The maximum Gasteiger partial charge on any atom is 0.247 e. The largest absolute Gasteiger partial charge is 0.330 e. The van der Waals surface area contributed by atoms with Crippen molar-refractivity contribution in [3.63, 3.8) is 0 Å². The molecule has 3 N–H and O–H groups in total. The van der Waals surface area contributed by atoms with Crippen molar-refractivity contribution in [1.82, 2.24) is 4.90 Å². The number of anilines is 1. The fourth-order valence-corrected chi connectivity index (χ4v) is 4.37. The Bertz CT molecular complexity index is 651. The summed E-state index contributed by atoms with van der Waals surface area (Å²) in [5, 5.41) is 3.75. The van der Waals surface area contributed by atoms with E-state index in [2.05, 4.69) is 5.32 Å². The molecule has 0 spiro atoms. The Morgan fingerprint density at radius 3 is 2.42 bits per heavy atom. The molecule has 0 radical (unpaired) electrons. The van der Waals surface area contributed by atoms with Gasteiger partial charge in [-0.1, -0.05) is 29.6 Å². The van der Waals surface area contributed by atoms with Crippen molar-refractivity contribution >= 4 is 53.1 Å². The summed E-state index contributed by atoms with van der Waals surface area (Å²) in [7, 11) is 0. The highest BCUT2D eigenvalue weighted by molar-refractivity contribution is 6.35. The van der Waals surface area contributed by atoms with Gasteiger partial charge in [-0.3, -0.25) is 9.59 Å². The highest BCUT2D eigenvalue weighted by Gasteiger charge is 2.38. The molecule has 0 aromatic heterocycles. The zero-order valence-corrected chi connectivity index (χ0v) is 16.7. The second kappa shape index (κ2) is 9.27. The van der Waals surface area contributed by atoms with E-state index in [1.807, 2.05) is 0 Å². The van der Waals surface area contributed by atoms with E-state index < -0.39 is 6.04 Å². The Hall–Kier alpha value is -1.01. The molecule has 8 heteroatoms. The van der Waals surface area contributed by atoms with Gasteiger partial charge in [0.05, 0.1) is 0 Å². The average molecular weight is 421 g/mol. The Labute approximate surface area is 170 Å². The number of carbonyl (C=O) groups excluding carboxylic acids is 2. The Balaban J connectivity index is 0.00000243. The van der Waals surface area contributed by atoms with Gasteiger partial charge < -0.3 is 16.0 Å². The number of amides is 2. The van der Waals surface area contributed by atoms with Crippen molar-refractivity contribution < 1.29 is 9.59 Å². The lowest BCUT2D eigenvalue weighted by Gasteiger charge is -2.32. The van der Waals surface area contributed by atoms with Crippen LogP contribution >= 0.6 is 35.6 Å². The van der Waals surface area contributed by atoms with Crippen LogP contribution in [0.5, 0.6) is 0 Å². The molecule has 1 saturated heterocycles. The molecule has 3 atom stereocenters. The van der Waals surface area contributed by atoms with E-state index in [0.29, 0.717) is 35.1 Å². The Morgan fingerprint density at radius 1 is 1.08 bits per heavy atom. The zero-order valence-electron chi connectivity index (χ0n) is 14.4. The maximum atomic E-state index is 12.9. The van der Waals surface area contributed by atoms with Crippen molar-refractivity contribution in [2.24, 2.45) is 11.7 Å². The van der Waals surface area contributed by atoms with Crippen LogP contribution in [-0.4, -0.2) is 35.3 Å². The van der Waals surface area contributed by atoms with E-state index in [1.54, 1.807) is 23.1 Å². The maximum absolute atomic E-state index is 12.9. The minimum Gasteiger partial charge on any atom is -0.330 e. The molecule has 3 rings (SSSR count). The van der Waals surface area contributed by atoms with Crippen LogP contribution in [0.15, 0.2) is 18.2 Å². The van der Waals surface area contributed by atoms with E-state index >= 15 is 0 Å². The number of carbonyl (C=O) groups is 2. The molecule has 26 heavy (non-hydrogen) atoms. The third-order valence-electron chi connectivity index (χ3n) is 5.03. The predicted octanol–water partition coefficient (Wildman–Crippen LogP) is 3.86. The number of hydrogen-bond donors (Lipinski definition) is 2. The minimum absolute atomic E-state index is 0. The summed E-state index contributed by atoms with van der Waals surface area (Å²) >= 11 is 12.0. The molecule has 1 aromatic rings. The number of hydrogen-bond acceptors (Lipinski definition) is 3. The molecular weight excluding hydrogens is 397 g/mol. The summed E-state index contributed by atoms with van der Waals surface area (Å²) in [5.74, 6) is -0.181. The van der Waals surface area contributed by atoms with Crippen molar-refractivity contribution in [1.29, 1.82) is 0 Å². The number of halogens is 3. The highest BCUT2D eigenvalue weighted by Crippen LogP contribution is 2.29.